The molecule has 25 heavy (non-hydrogen) atoms. The number of alkyl halides is 3. The number of carbonyl (C=O) groups is 2. The van der Waals surface area contributed by atoms with Gasteiger partial charge >= 0.3 is 12.1 Å². The number of ketones is 1. The maximum absolute atomic E-state index is 12.9. The first-order valence-electron chi connectivity index (χ1n) is 7.18. The van der Waals surface area contributed by atoms with Crippen molar-refractivity contribution in [1.29, 1.82) is 0 Å². The molecule has 0 aliphatic carbocycles. The molecule has 0 N–H and O–H groups in total. The number of benzene rings is 1. The van der Waals surface area contributed by atoms with Crippen LogP contribution in [0.1, 0.15) is 27.3 Å². The van der Waals surface area contributed by atoms with Gasteiger partial charge in [0.25, 0.3) is 5.78 Å². The fraction of sp³-hybridized carbons (Fsp3) is 0.312. The second-order valence-electron chi connectivity index (χ2n) is 5.32. The van der Waals surface area contributed by atoms with Crippen LogP contribution in [0.3, 0.4) is 0 Å². The van der Waals surface area contributed by atoms with Crippen LogP contribution < -0.4 is 0 Å². The molecule has 9 heteroatoms. The molecule has 2 aromatic rings. The third-order valence-electron chi connectivity index (χ3n) is 3.69. The number of likely N-dealkylation sites (N-methyl/N-ethyl adjacent to an activating group) is 1. The topological polar surface area (TPSA) is 64.4 Å². The van der Waals surface area contributed by atoms with Crippen molar-refractivity contribution in [2.24, 2.45) is 0 Å². The van der Waals surface area contributed by atoms with Gasteiger partial charge in [-0.3, -0.25) is 14.4 Å². The smallest absolute Gasteiger partial charge is 0.283 e. The number of Topliss-reactive ketones (excluding diaryl/α,β-unsaturated/α-hetero) is 1. The number of rotatable bonds is 4. The maximum atomic E-state index is 12.9. The number of aromatic nitrogens is 2. The van der Waals surface area contributed by atoms with Crippen LogP contribution in [-0.4, -0.2) is 40.7 Å². The SMILES string of the molecule is CON(C)C(=O)C(=O)c1c(C)nn(-c2cccc(C(F)(F)F)c2)c1C. The summed E-state index contributed by atoms with van der Waals surface area (Å²) in [4.78, 5) is 29.0. The van der Waals surface area contributed by atoms with Crippen molar-refractivity contribution in [2.45, 2.75) is 20.0 Å². The molecule has 0 aliphatic rings. The number of aryl methyl sites for hydroxylation is 1. The normalized spacial score (nSPS) is 11.5. The van der Waals surface area contributed by atoms with E-state index in [0.29, 0.717) is 0 Å². The van der Waals surface area contributed by atoms with Gasteiger partial charge < -0.3 is 0 Å². The van der Waals surface area contributed by atoms with Gasteiger partial charge in [-0.1, -0.05) is 6.07 Å². The summed E-state index contributed by atoms with van der Waals surface area (Å²) in [6.07, 6.45) is -4.50. The Labute approximate surface area is 141 Å². The Bertz CT molecular complexity index is 828. The minimum absolute atomic E-state index is 0.0336. The summed E-state index contributed by atoms with van der Waals surface area (Å²) in [5, 5.41) is 4.88. The van der Waals surface area contributed by atoms with Gasteiger partial charge in [-0.25, -0.2) is 9.75 Å². The number of nitrogens with zero attached hydrogens (tertiary/aromatic N) is 3. The summed E-state index contributed by atoms with van der Waals surface area (Å²) in [6, 6.07) is 4.56. The van der Waals surface area contributed by atoms with Crippen molar-refractivity contribution >= 4 is 11.7 Å². The van der Waals surface area contributed by atoms with Crippen molar-refractivity contribution in [3.63, 3.8) is 0 Å². The molecule has 0 spiro atoms. The lowest BCUT2D eigenvalue weighted by Crippen LogP contribution is -2.33. The van der Waals surface area contributed by atoms with Gasteiger partial charge in [-0.15, -0.1) is 0 Å². The van der Waals surface area contributed by atoms with E-state index < -0.39 is 23.4 Å². The summed E-state index contributed by atoms with van der Waals surface area (Å²) >= 11 is 0. The second-order valence-corrected chi connectivity index (χ2v) is 5.32. The van der Waals surface area contributed by atoms with E-state index in [-0.39, 0.29) is 22.6 Å². The van der Waals surface area contributed by atoms with Crippen LogP contribution in [-0.2, 0) is 15.8 Å². The van der Waals surface area contributed by atoms with E-state index in [1.54, 1.807) is 0 Å². The van der Waals surface area contributed by atoms with Crippen LogP contribution >= 0.6 is 0 Å². The average molecular weight is 355 g/mol. The molecule has 0 aliphatic heterocycles. The van der Waals surface area contributed by atoms with Crippen LogP contribution in [0, 0.1) is 13.8 Å². The number of hydroxylamine groups is 2. The van der Waals surface area contributed by atoms with Gasteiger partial charge in [0.15, 0.2) is 0 Å². The molecular weight excluding hydrogens is 339 g/mol. The molecule has 6 nitrogen and oxygen atoms in total. The highest BCUT2D eigenvalue weighted by Gasteiger charge is 2.31. The number of hydrogen-bond donors (Lipinski definition) is 0. The van der Waals surface area contributed by atoms with E-state index in [2.05, 4.69) is 9.94 Å². The molecule has 1 aromatic carbocycles. The summed E-state index contributed by atoms with van der Waals surface area (Å²) in [7, 11) is 2.51. The Balaban J connectivity index is 2.51. The first-order chi connectivity index (χ1) is 11.6. The van der Waals surface area contributed by atoms with E-state index in [0.717, 1.165) is 17.2 Å². The fourth-order valence-electron chi connectivity index (χ4n) is 2.37. The van der Waals surface area contributed by atoms with Crippen LogP contribution in [0.2, 0.25) is 0 Å². The zero-order valence-electron chi connectivity index (χ0n) is 14.0. The Kier molecular flexibility index (Phi) is 4.98. The molecule has 0 saturated carbocycles. The average Bonchev–Trinajstić information content (AvgIpc) is 2.86. The Hall–Kier alpha value is -2.68. The van der Waals surface area contributed by atoms with Crippen molar-refractivity contribution < 1.29 is 27.6 Å². The summed E-state index contributed by atoms with van der Waals surface area (Å²) in [5.41, 5.74) is -0.161. The highest BCUT2D eigenvalue weighted by atomic mass is 19.4. The minimum atomic E-state index is -4.50. The molecule has 0 saturated heterocycles. The number of amides is 1. The summed E-state index contributed by atoms with van der Waals surface area (Å²) < 4.78 is 39.9. The zero-order chi connectivity index (χ0) is 18.9. The Morgan fingerprint density at radius 2 is 1.88 bits per heavy atom. The van der Waals surface area contributed by atoms with E-state index >= 15 is 0 Å². The lowest BCUT2D eigenvalue weighted by Gasteiger charge is -2.12. The van der Waals surface area contributed by atoms with Crippen LogP contribution in [0.15, 0.2) is 24.3 Å². The van der Waals surface area contributed by atoms with Crippen molar-refractivity contribution in [3.05, 3.63) is 46.8 Å². The molecular formula is C16H16F3N3O3. The van der Waals surface area contributed by atoms with Gasteiger partial charge in [0.2, 0.25) is 0 Å². The van der Waals surface area contributed by atoms with Crippen LogP contribution in [0.4, 0.5) is 13.2 Å². The third-order valence-corrected chi connectivity index (χ3v) is 3.69. The van der Waals surface area contributed by atoms with Crippen molar-refractivity contribution in [2.75, 3.05) is 14.2 Å². The number of halogens is 3. The predicted molar refractivity (Wildman–Crippen MR) is 82.1 cm³/mol. The molecule has 0 atom stereocenters. The lowest BCUT2D eigenvalue weighted by atomic mass is 10.1. The summed E-state index contributed by atoms with van der Waals surface area (Å²) in [6.45, 7) is 3.01. The molecule has 134 valence electrons. The highest BCUT2D eigenvalue weighted by molar-refractivity contribution is 6.43. The summed E-state index contributed by atoms with van der Waals surface area (Å²) in [5.74, 6) is -1.75. The third kappa shape index (κ3) is 3.55. The number of hydrogen-bond acceptors (Lipinski definition) is 4. The van der Waals surface area contributed by atoms with Gasteiger partial charge in [-0.2, -0.15) is 18.3 Å². The number of carbonyl (C=O) groups excluding carboxylic acids is 2. The quantitative estimate of drug-likeness (QED) is 0.481. The molecule has 1 amide bonds. The van der Waals surface area contributed by atoms with Gasteiger partial charge in [0.05, 0.1) is 35.3 Å². The first kappa shape index (κ1) is 18.7. The lowest BCUT2D eigenvalue weighted by molar-refractivity contribution is -0.162. The fourth-order valence-corrected chi connectivity index (χ4v) is 2.37. The van der Waals surface area contributed by atoms with E-state index in [1.807, 2.05) is 0 Å². The van der Waals surface area contributed by atoms with Crippen molar-refractivity contribution in [3.8, 4) is 5.69 Å². The van der Waals surface area contributed by atoms with E-state index in [1.165, 1.54) is 44.8 Å². The molecule has 0 bridgehead atoms. The van der Waals surface area contributed by atoms with Gasteiger partial charge in [0, 0.05) is 7.05 Å². The standard InChI is InChI=1S/C16H16F3N3O3/c1-9-13(14(23)15(24)21(3)25-4)10(2)22(20-9)12-7-5-6-11(8-12)16(17,18)19/h5-8H,1-4H3. The van der Waals surface area contributed by atoms with E-state index in [9.17, 15) is 22.8 Å². The molecule has 1 aromatic heterocycles. The molecule has 1 heterocycles. The van der Waals surface area contributed by atoms with Gasteiger partial charge in [0.1, 0.15) is 0 Å². The second kappa shape index (κ2) is 6.67. The largest absolute Gasteiger partial charge is 0.416 e. The molecule has 0 unspecified atom stereocenters. The monoisotopic (exact) mass is 355 g/mol. The highest BCUT2D eigenvalue weighted by Crippen LogP contribution is 2.31. The molecule has 2 rings (SSSR count). The van der Waals surface area contributed by atoms with Crippen LogP contribution in [0.25, 0.3) is 5.69 Å². The van der Waals surface area contributed by atoms with E-state index in [4.69, 9.17) is 0 Å². The van der Waals surface area contributed by atoms with Gasteiger partial charge in [-0.05, 0) is 32.0 Å². The zero-order valence-corrected chi connectivity index (χ0v) is 14.0. The maximum Gasteiger partial charge on any atom is 0.416 e. The molecule has 0 radical (unpaired) electrons. The first-order valence-corrected chi connectivity index (χ1v) is 7.18. The van der Waals surface area contributed by atoms with Crippen molar-refractivity contribution in [1.82, 2.24) is 14.8 Å². The Morgan fingerprint density at radius 1 is 1.24 bits per heavy atom. The molecule has 0 fully saturated rings. The predicted octanol–water partition coefficient (Wildman–Crippen LogP) is 2.71. The van der Waals surface area contributed by atoms with Crippen LogP contribution in [0.5, 0.6) is 0 Å². The Morgan fingerprint density at radius 3 is 2.44 bits per heavy atom. The minimum Gasteiger partial charge on any atom is -0.283 e.